The highest BCUT2D eigenvalue weighted by Gasteiger charge is 2.57. The maximum atomic E-state index is 10.2. The first-order valence-corrected chi connectivity index (χ1v) is 12.7. The van der Waals surface area contributed by atoms with Crippen LogP contribution >= 0.6 is 0 Å². The summed E-state index contributed by atoms with van der Waals surface area (Å²) >= 11 is 0. The molecular formula is C28H46O. The van der Waals surface area contributed by atoms with Crippen molar-refractivity contribution >= 4 is 0 Å². The molecule has 1 nitrogen and oxygen atoms in total. The standard InChI is InChI=1S/C28H46O/c1-18(2)19(3)7-8-20(4)24-11-12-25-23-10-9-21-17-22(29)13-15-27(21,5)26(23)14-16-28(24,25)6/h7-8,10,18-22,24-26,29H,9,11-17H2,1-6H3/b8-7+/t19-,20+,21-,22-,24+,25-,26-,27-,28+/m0/s1. The number of hydrogen-bond acceptors (Lipinski definition) is 1. The maximum Gasteiger partial charge on any atom is 0.0543 e. The van der Waals surface area contributed by atoms with E-state index in [0.717, 1.165) is 36.5 Å². The van der Waals surface area contributed by atoms with E-state index in [0.29, 0.717) is 28.6 Å². The Morgan fingerprint density at radius 1 is 0.931 bits per heavy atom. The number of aliphatic hydroxyl groups is 1. The lowest BCUT2D eigenvalue weighted by Gasteiger charge is -2.57. The molecule has 0 amide bonds. The third-order valence-corrected chi connectivity index (χ3v) is 10.5. The number of allylic oxidation sites excluding steroid dienone is 4. The lowest BCUT2D eigenvalue weighted by Crippen LogP contribution is -2.49. The van der Waals surface area contributed by atoms with E-state index >= 15 is 0 Å². The number of rotatable bonds is 4. The molecule has 0 heterocycles. The molecule has 0 unspecified atom stereocenters. The monoisotopic (exact) mass is 398 g/mol. The fourth-order valence-electron chi connectivity index (χ4n) is 8.10. The highest BCUT2D eigenvalue weighted by molar-refractivity contribution is 5.28. The SMILES string of the molecule is CC(C)[C@@H](C)/C=C/[C@@H](C)[C@H]1CC[C@H]2C3=CC[C@H]4C[C@@H](O)CC[C@]4(C)[C@H]3CC[C@]12C. The van der Waals surface area contributed by atoms with Crippen LogP contribution in [0.2, 0.25) is 0 Å². The van der Waals surface area contributed by atoms with Crippen molar-refractivity contribution < 1.29 is 5.11 Å². The lowest BCUT2D eigenvalue weighted by molar-refractivity contribution is -0.0414. The predicted molar refractivity (Wildman–Crippen MR) is 124 cm³/mol. The predicted octanol–water partition coefficient (Wildman–Crippen LogP) is 7.41. The van der Waals surface area contributed by atoms with Crippen molar-refractivity contribution in [1.29, 1.82) is 0 Å². The Balaban J connectivity index is 1.54. The van der Waals surface area contributed by atoms with E-state index in [9.17, 15) is 5.11 Å². The van der Waals surface area contributed by atoms with Gasteiger partial charge in [0.2, 0.25) is 0 Å². The first kappa shape index (κ1) is 21.7. The fraction of sp³-hybridized carbons (Fsp3) is 0.857. The Hall–Kier alpha value is -0.560. The summed E-state index contributed by atoms with van der Waals surface area (Å²) in [6, 6.07) is 0. The number of aliphatic hydroxyl groups excluding tert-OH is 1. The van der Waals surface area contributed by atoms with Gasteiger partial charge in [0.1, 0.15) is 0 Å². The van der Waals surface area contributed by atoms with Crippen LogP contribution in [0.4, 0.5) is 0 Å². The maximum absolute atomic E-state index is 10.2. The molecule has 0 saturated heterocycles. The van der Waals surface area contributed by atoms with Gasteiger partial charge < -0.3 is 5.11 Å². The van der Waals surface area contributed by atoms with Gasteiger partial charge in [-0.15, -0.1) is 0 Å². The molecule has 3 saturated carbocycles. The highest BCUT2D eigenvalue weighted by atomic mass is 16.3. The summed E-state index contributed by atoms with van der Waals surface area (Å²) in [7, 11) is 0. The molecule has 3 fully saturated rings. The molecule has 4 rings (SSSR count). The number of fused-ring (bicyclic) bond motifs is 5. The Bertz CT molecular complexity index is 659. The number of hydrogen-bond donors (Lipinski definition) is 1. The van der Waals surface area contributed by atoms with Crippen LogP contribution in [-0.2, 0) is 0 Å². The summed E-state index contributed by atoms with van der Waals surface area (Å²) in [5, 5.41) is 10.2. The van der Waals surface area contributed by atoms with E-state index in [1.54, 1.807) is 0 Å². The topological polar surface area (TPSA) is 20.2 Å². The van der Waals surface area contributed by atoms with Crippen LogP contribution in [0.1, 0.15) is 92.9 Å². The van der Waals surface area contributed by atoms with E-state index in [4.69, 9.17) is 0 Å². The zero-order valence-corrected chi connectivity index (χ0v) is 20.0. The van der Waals surface area contributed by atoms with Crippen LogP contribution in [0.3, 0.4) is 0 Å². The first-order valence-electron chi connectivity index (χ1n) is 12.7. The van der Waals surface area contributed by atoms with Crippen molar-refractivity contribution in [2.24, 2.45) is 52.3 Å². The van der Waals surface area contributed by atoms with Gasteiger partial charge in [-0.05, 0) is 104 Å². The Morgan fingerprint density at radius 2 is 1.62 bits per heavy atom. The minimum absolute atomic E-state index is 0.0476. The van der Waals surface area contributed by atoms with Gasteiger partial charge in [0.15, 0.2) is 0 Å². The Morgan fingerprint density at radius 3 is 2.34 bits per heavy atom. The summed E-state index contributed by atoms with van der Waals surface area (Å²) in [5.74, 6) is 5.25. The minimum Gasteiger partial charge on any atom is -0.393 e. The van der Waals surface area contributed by atoms with Gasteiger partial charge in [0.05, 0.1) is 6.10 Å². The summed E-state index contributed by atoms with van der Waals surface area (Å²) < 4.78 is 0. The van der Waals surface area contributed by atoms with Gasteiger partial charge in [-0.1, -0.05) is 65.3 Å². The molecule has 0 aromatic carbocycles. The second-order valence-electron chi connectivity index (χ2n) is 12.3. The van der Waals surface area contributed by atoms with Crippen molar-refractivity contribution in [1.82, 2.24) is 0 Å². The smallest absolute Gasteiger partial charge is 0.0543 e. The van der Waals surface area contributed by atoms with Gasteiger partial charge in [0.25, 0.3) is 0 Å². The van der Waals surface area contributed by atoms with Crippen LogP contribution in [0.25, 0.3) is 0 Å². The van der Waals surface area contributed by atoms with Crippen molar-refractivity contribution in [3.05, 3.63) is 23.8 Å². The van der Waals surface area contributed by atoms with E-state index in [-0.39, 0.29) is 6.10 Å². The zero-order chi connectivity index (χ0) is 21.0. The second-order valence-corrected chi connectivity index (χ2v) is 12.3. The molecule has 164 valence electrons. The molecule has 1 N–H and O–H groups in total. The van der Waals surface area contributed by atoms with Crippen molar-refractivity contribution in [3.63, 3.8) is 0 Å². The molecular weight excluding hydrogens is 352 g/mol. The highest BCUT2D eigenvalue weighted by Crippen LogP contribution is 2.66. The van der Waals surface area contributed by atoms with Gasteiger partial charge in [0, 0.05) is 0 Å². The molecule has 0 aliphatic heterocycles. The van der Waals surface area contributed by atoms with Gasteiger partial charge in [-0.25, -0.2) is 0 Å². The van der Waals surface area contributed by atoms with Crippen LogP contribution in [-0.4, -0.2) is 11.2 Å². The molecule has 0 radical (unpaired) electrons. The molecule has 4 aliphatic rings. The summed E-state index contributed by atoms with van der Waals surface area (Å²) in [4.78, 5) is 0. The average molecular weight is 399 g/mol. The van der Waals surface area contributed by atoms with Gasteiger partial charge >= 0.3 is 0 Å². The van der Waals surface area contributed by atoms with Crippen molar-refractivity contribution in [2.75, 3.05) is 0 Å². The largest absolute Gasteiger partial charge is 0.393 e. The molecule has 0 aromatic heterocycles. The van der Waals surface area contributed by atoms with Gasteiger partial charge in [-0.2, -0.15) is 0 Å². The molecule has 9 atom stereocenters. The van der Waals surface area contributed by atoms with Crippen LogP contribution in [0.15, 0.2) is 23.8 Å². The van der Waals surface area contributed by atoms with E-state index in [2.05, 4.69) is 59.8 Å². The normalized spacial score (nSPS) is 46.8. The van der Waals surface area contributed by atoms with Gasteiger partial charge in [-0.3, -0.25) is 0 Å². The first-order chi connectivity index (χ1) is 13.7. The van der Waals surface area contributed by atoms with E-state index < -0.39 is 0 Å². The summed E-state index contributed by atoms with van der Waals surface area (Å²) in [6.07, 6.45) is 17.8. The molecule has 0 spiro atoms. The van der Waals surface area contributed by atoms with Crippen LogP contribution in [0.5, 0.6) is 0 Å². The van der Waals surface area contributed by atoms with Crippen molar-refractivity contribution in [2.45, 2.75) is 99.0 Å². The van der Waals surface area contributed by atoms with Crippen LogP contribution in [0, 0.1) is 52.3 Å². The quantitative estimate of drug-likeness (QED) is 0.489. The Kier molecular flexibility index (Phi) is 5.86. The van der Waals surface area contributed by atoms with E-state index in [1.165, 1.54) is 38.5 Å². The van der Waals surface area contributed by atoms with Crippen LogP contribution < -0.4 is 0 Å². The molecule has 0 aromatic rings. The zero-order valence-electron chi connectivity index (χ0n) is 20.0. The summed E-state index contributed by atoms with van der Waals surface area (Å²) in [6.45, 7) is 14.7. The van der Waals surface area contributed by atoms with E-state index in [1.807, 2.05) is 5.57 Å². The van der Waals surface area contributed by atoms with Crippen molar-refractivity contribution in [3.8, 4) is 0 Å². The third kappa shape index (κ3) is 3.58. The molecule has 29 heavy (non-hydrogen) atoms. The third-order valence-electron chi connectivity index (χ3n) is 10.5. The fourth-order valence-corrected chi connectivity index (χ4v) is 8.10. The Labute approximate surface area is 180 Å². The molecule has 0 bridgehead atoms. The average Bonchev–Trinajstić information content (AvgIpc) is 3.03. The summed E-state index contributed by atoms with van der Waals surface area (Å²) in [5.41, 5.74) is 2.79. The second kappa shape index (κ2) is 7.85. The molecule has 4 aliphatic carbocycles. The minimum atomic E-state index is -0.0476. The lowest BCUT2D eigenvalue weighted by atomic mass is 9.47. The molecule has 1 heteroatoms.